The molecule has 6 bridgehead atoms. The first-order chi connectivity index (χ1) is 35.3. The molecule has 18 nitrogen and oxygen atoms in total. The third kappa shape index (κ3) is 10.5. The number of benzene rings is 1. The van der Waals surface area contributed by atoms with Gasteiger partial charge in [-0.25, -0.2) is 19.2 Å². The van der Waals surface area contributed by atoms with Gasteiger partial charge in [-0.15, -0.1) is 11.3 Å². The average molecular weight is 1040 g/mol. The molecule has 0 unspecified atom stereocenters. The van der Waals surface area contributed by atoms with E-state index in [2.05, 4.69) is 52.8 Å². The number of nitrogens with zero attached hydrogens (tertiary/aromatic N) is 7. The molecular formula is C53H67F2N9O9S. The monoisotopic (exact) mass is 1040 g/mol. The number of rotatable bonds is 10. The van der Waals surface area contributed by atoms with Crippen molar-refractivity contribution in [2.24, 2.45) is 11.3 Å². The van der Waals surface area contributed by atoms with Crippen LogP contribution in [0.15, 0.2) is 42.2 Å². The molecule has 4 amide bonds. The van der Waals surface area contributed by atoms with Crippen LogP contribution in [0.1, 0.15) is 82.7 Å². The van der Waals surface area contributed by atoms with Crippen LogP contribution >= 0.6 is 11.3 Å². The molecule has 5 aliphatic rings. The van der Waals surface area contributed by atoms with Crippen LogP contribution in [-0.2, 0) is 57.6 Å². The van der Waals surface area contributed by atoms with Crippen molar-refractivity contribution in [1.82, 2.24) is 40.1 Å². The molecule has 2 N–H and O–H groups in total. The van der Waals surface area contributed by atoms with E-state index in [1.54, 1.807) is 21.0 Å². The van der Waals surface area contributed by atoms with E-state index in [9.17, 15) is 28.4 Å². The zero-order chi connectivity index (χ0) is 52.8. The summed E-state index contributed by atoms with van der Waals surface area (Å²) in [6, 6.07) is 2.96. The first kappa shape index (κ1) is 52.8. The summed E-state index contributed by atoms with van der Waals surface area (Å²) in [6.45, 7) is 16.1. The molecule has 3 aromatic heterocycles. The molecule has 5 aliphatic heterocycles. The number of alkyl halides is 1. The van der Waals surface area contributed by atoms with Gasteiger partial charge in [0.1, 0.15) is 30.5 Å². The number of ether oxygens (including phenoxy) is 4. The number of hydrazine groups is 1. The Hall–Kier alpha value is -6.03. The summed E-state index contributed by atoms with van der Waals surface area (Å²) in [5.41, 5.74) is 7.07. The van der Waals surface area contributed by atoms with E-state index in [-0.39, 0.29) is 38.8 Å². The number of hydrogen-bond donors (Lipinski definition) is 2. The maximum absolute atomic E-state index is 16.5. The van der Waals surface area contributed by atoms with Crippen molar-refractivity contribution in [3.05, 3.63) is 58.4 Å². The number of esters is 1. The summed E-state index contributed by atoms with van der Waals surface area (Å²) in [4.78, 5) is 84.2. The molecule has 4 atom stereocenters. The standard InChI is InChI=1S/C53H67F2N9O9S/c1-30(2)44(60(7)51(69)53(55)11-14-62(15-12-53)48(66)31(3)54)47(65)58-39-25-42-57-40(28-74-42)33-22-35-37(26-52(5,6)29-73-50(68)38-10-9-13-64(59-38)49(39)67)45(63-18-21-72-41(23-33)46(35)63)36-24-34(61-16-19-71-20-17-61)27-56-43(36)32(4)70-8/h22-24,27-28,30,32,38-39,44,59H,3,9-21,25-26,29H2,1-2,4-8H3,(H,58,65)/t32-,38-,39-,44-/m0/s1. The number of carbonyl (C=O) groups excluding carboxylic acids is 5. The molecule has 0 aliphatic carbocycles. The number of cyclic esters (lactones) is 1. The van der Waals surface area contributed by atoms with Gasteiger partial charge >= 0.3 is 5.97 Å². The second-order valence-corrected chi connectivity index (χ2v) is 22.2. The molecule has 0 spiro atoms. The predicted octanol–water partition coefficient (Wildman–Crippen LogP) is 5.71. The van der Waals surface area contributed by atoms with Gasteiger partial charge in [0.2, 0.25) is 5.91 Å². The van der Waals surface area contributed by atoms with Gasteiger partial charge in [0.25, 0.3) is 17.7 Å². The summed E-state index contributed by atoms with van der Waals surface area (Å²) >= 11 is 1.32. The summed E-state index contributed by atoms with van der Waals surface area (Å²) in [5, 5.41) is 7.62. The lowest BCUT2D eigenvalue weighted by atomic mass is 9.84. The molecule has 8 heterocycles. The third-order valence-electron chi connectivity index (χ3n) is 15.0. The first-order valence-electron chi connectivity index (χ1n) is 25.5. The second kappa shape index (κ2) is 21.3. The number of anilines is 1. The van der Waals surface area contributed by atoms with E-state index in [0.717, 1.165) is 67.6 Å². The summed E-state index contributed by atoms with van der Waals surface area (Å²) in [7, 11) is 3.02. The molecule has 398 valence electrons. The van der Waals surface area contributed by atoms with Crippen molar-refractivity contribution in [3.8, 4) is 28.3 Å². The van der Waals surface area contributed by atoms with Crippen molar-refractivity contribution in [2.45, 2.75) is 110 Å². The van der Waals surface area contributed by atoms with Gasteiger partial charge in [0.05, 0.1) is 72.0 Å². The number of likely N-dealkylation sites (N-methyl/N-ethyl adjacent to an activating group) is 1. The molecule has 3 saturated heterocycles. The lowest BCUT2D eigenvalue weighted by Crippen LogP contribution is -2.63. The SMILES string of the molecule is C=C(F)C(=O)N1CCC(F)(C(=O)N(C)[C@H](C(=O)N[C@H]2Cc3nc(cs3)-c3cc4c5c(c3)c(c(-c3cc(N6CCOCC6)cnc3[C@H](C)OC)n5CCO4)CC(C)(C)COC(=O)[C@@H]3CCCN(N3)C2=O)C(C)C)CC1. The van der Waals surface area contributed by atoms with Crippen LogP contribution in [0.3, 0.4) is 0 Å². The highest BCUT2D eigenvalue weighted by Gasteiger charge is 2.48. The number of amides is 4. The Morgan fingerprint density at radius 1 is 1.03 bits per heavy atom. The lowest BCUT2D eigenvalue weighted by Gasteiger charge is -2.40. The number of aromatic nitrogens is 3. The van der Waals surface area contributed by atoms with E-state index in [1.807, 2.05) is 24.6 Å². The Kier molecular flexibility index (Phi) is 15.2. The van der Waals surface area contributed by atoms with Crippen molar-refractivity contribution in [2.75, 3.05) is 78.2 Å². The zero-order valence-electron chi connectivity index (χ0n) is 43.3. The van der Waals surface area contributed by atoms with Gasteiger partial charge in [0.15, 0.2) is 11.5 Å². The van der Waals surface area contributed by atoms with E-state index in [0.29, 0.717) is 62.1 Å². The number of methoxy groups -OCH3 is 1. The number of carbonyl (C=O) groups is 5. The number of nitrogens with one attached hydrogen (secondary N) is 2. The van der Waals surface area contributed by atoms with Crippen LogP contribution in [0.2, 0.25) is 0 Å². The Morgan fingerprint density at radius 2 is 1.77 bits per heavy atom. The Bertz CT molecular complexity index is 2840. The Labute approximate surface area is 433 Å². The van der Waals surface area contributed by atoms with E-state index >= 15 is 4.39 Å². The summed E-state index contributed by atoms with van der Waals surface area (Å²) in [5.74, 6) is -4.73. The summed E-state index contributed by atoms with van der Waals surface area (Å²) in [6.07, 6.45) is 2.06. The molecule has 0 saturated carbocycles. The maximum Gasteiger partial charge on any atom is 0.324 e. The second-order valence-electron chi connectivity index (χ2n) is 21.2. The minimum atomic E-state index is -2.44. The number of halogens is 2. The van der Waals surface area contributed by atoms with E-state index in [4.69, 9.17) is 28.9 Å². The molecule has 21 heteroatoms. The van der Waals surface area contributed by atoms with Crippen LogP contribution in [0.5, 0.6) is 5.75 Å². The van der Waals surface area contributed by atoms with Gasteiger partial charge in [-0.05, 0) is 55.9 Å². The number of morpholine rings is 1. The fourth-order valence-electron chi connectivity index (χ4n) is 11.0. The fourth-order valence-corrected chi connectivity index (χ4v) is 11.9. The fraction of sp³-hybridized carbons (Fsp3) is 0.566. The number of likely N-dealkylation sites (tertiary alicyclic amines) is 1. The number of piperidine rings is 1. The smallest absolute Gasteiger partial charge is 0.324 e. The Morgan fingerprint density at radius 3 is 2.47 bits per heavy atom. The number of thiazole rings is 1. The van der Waals surface area contributed by atoms with Gasteiger partial charge in [-0.2, -0.15) is 0 Å². The van der Waals surface area contributed by atoms with Gasteiger partial charge < -0.3 is 43.5 Å². The van der Waals surface area contributed by atoms with Crippen LogP contribution in [0.25, 0.3) is 33.4 Å². The van der Waals surface area contributed by atoms with Crippen LogP contribution in [0, 0.1) is 11.3 Å². The van der Waals surface area contributed by atoms with Gasteiger partial charge in [-0.3, -0.25) is 34.0 Å². The molecule has 3 fully saturated rings. The molecule has 0 radical (unpaired) electrons. The van der Waals surface area contributed by atoms with E-state index < -0.39 is 83.4 Å². The molecule has 74 heavy (non-hydrogen) atoms. The topological polar surface area (TPSA) is 190 Å². The normalized spacial score (nSPS) is 21.8. The highest BCUT2D eigenvalue weighted by Crippen LogP contribution is 2.47. The first-order valence-corrected chi connectivity index (χ1v) is 26.4. The number of fused-ring (bicyclic) bond motifs is 6. The predicted molar refractivity (Wildman–Crippen MR) is 273 cm³/mol. The zero-order valence-corrected chi connectivity index (χ0v) is 44.1. The largest absolute Gasteiger partial charge is 0.489 e. The third-order valence-corrected chi connectivity index (χ3v) is 15.9. The van der Waals surface area contributed by atoms with Gasteiger partial charge in [-0.1, -0.05) is 34.3 Å². The van der Waals surface area contributed by atoms with Crippen LogP contribution in [0.4, 0.5) is 14.5 Å². The van der Waals surface area contributed by atoms with Crippen molar-refractivity contribution < 1.29 is 51.7 Å². The molecule has 4 aromatic rings. The number of hydrogen-bond acceptors (Lipinski definition) is 14. The number of pyridine rings is 1. The molecule has 1 aromatic carbocycles. The molecular weight excluding hydrogens is 977 g/mol. The van der Waals surface area contributed by atoms with Gasteiger partial charge in [0, 0.05) is 93.5 Å². The van der Waals surface area contributed by atoms with E-state index in [1.165, 1.54) is 23.4 Å². The van der Waals surface area contributed by atoms with Crippen LogP contribution < -0.4 is 20.4 Å². The van der Waals surface area contributed by atoms with Crippen molar-refractivity contribution in [3.63, 3.8) is 0 Å². The lowest BCUT2D eigenvalue weighted by molar-refractivity contribution is -0.156. The summed E-state index contributed by atoms with van der Waals surface area (Å²) < 4.78 is 56.7. The minimum Gasteiger partial charge on any atom is -0.489 e. The van der Waals surface area contributed by atoms with Crippen molar-refractivity contribution >= 4 is 57.5 Å². The highest BCUT2D eigenvalue weighted by molar-refractivity contribution is 7.10. The Balaban J connectivity index is 1.10. The molecule has 9 rings (SSSR count). The average Bonchev–Trinajstić information content (AvgIpc) is 3.99. The maximum atomic E-state index is 16.5. The quantitative estimate of drug-likeness (QED) is 0.145. The minimum absolute atomic E-state index is 0.0553. The highest BCUT2D eigenvalue weighted by atomic mass is 32.1. The van der Waals surface area contributed by atoms with Crippen molar-refractivity contribution in [1.29, 1.82) is 0 Å². The van der Waals surface area contributed by atoms with Crippen LogP contribution in [-0.4, -0.2) is 156 Å².